The third-order valence-corrected chi connectivity index (χ3v) is 4.07. The normalized spacial score (nSPS) is 12.2. The largest absolute Gasteiger partial charge is 0.492 e. The Labute approximate surface area is 136 Å². The molecule has 0 spiro atoms. The molecule has 0 saturated heterocycles. The Morgan fingerprint density at radius 3 is 2.67 bits per heavy atom. The first-order valence-electron chi connectivity index (χ1n) is 6.54. The van der Waals surface area contributed by atoms with Crippen LogP contribution >= 0.6 is 27.5 Å². The molecule has 1 unspecified atom stereocenters. The average molecular weight is 376 g/mol. The molecular formula is C16H14BrClF2O. The van der Waals surface area contributed by atoms with Crippen molar-refractivity contribution in [3.8, 4) is 5.75 Å². The van der Waals surface area contributed by atoms with Gasteiger partial charge in [0.05, 0.1) is 16.5 Å². The van der Waals surface area contributed by atoms with Gasteiger partial charge in [-0.25, -0.2) is 8.78 Å². The molecule has 0 fully saturated rings. The van der Waals surface area contributed by atoms with Crippen LogP contribution in [0.1, 0.15) is 29.8 Å². The van der Waals surface area contributed by atoms with Gasteiger partial charge < -0.3 is 4.74 Å². The highest BCUT2D eigenvalue weighted by Crippen LogP contribution is 2.35. The molecule has 0 radical (unpaired) electrons. The van der Waals surface area contributed by atoms with Crippen LogP contribution in [0.3, 0.4) is 0 Å². The minimum absolute atomic E-state index is 0.116. The number of ether oxygens (including phenoxy) is 1. The van der Waals surface area contributed by atoms with Gasteiger partial charge in [-0.1, -0.05) is 25.1 Å². The van der Waals surface area contributed by atoms with E-state index in [4.69, 9.17) is 16.3 Å². The zero-order chi connectivity index (χ0) is 15.4. The zero-order valence-corrected chi connectivity index (χ0v) is 13.7. The van der Waals surface area contributed by atoms with Gasteiger partial charge in [0, 0.05) is 5.56 Å². The summed E-state index contributed by atoms with van der Waals surface area (Å²) in [6.07, 6.45) is 0.904. The van der Waals surface area contributed by atoms with Crippen LogP contribution in [0.5, 0.6) is 5.75 Å². The summed E-state index contributed by atoms with van der Waals surface area (Å²) in [5.74, 6) is -1.12. The zero-order valence-electron chi connectivity index (χ0n) is 11.4. The van der Waals surface area contributed by atoms with E-state index in [0.29, 0.717) is 17.9 Å². The highest BCUT2D eigenvalue weighted by molar-refractivity contribution is 9.10. The van der Waals surface area contributed by atoms with Crippen LogP contribution in [0.15, 0.2) is 40.9 Å². The topological polar surface area (TPSA) is 9.23 Å². The molecule has 0 amide bonds. The summed E-state index contributed by atoms with van der Waals surface area (Å²) in [6.45, 7) is 2.63. The molecule has 112 valence electrons. The SMILES string of the molecule is CCCOc1ccc(C(Cl)c2cccc(F)c2F)cc1Br. The van der Waals surface area contributed by atoms with Gasteiger partial charge in [-0.05, 0) is 46.1 Å². The van der Waals surface area contributed by atoms with Gasteiger partial charge in [-0.15, -0.1) is 11.6 Å². The molecule has 0 aliphatic carbocycles. The molecular weight excluding hydrogens is 362 g/mol. The predicted molar refractivity (Wildman–Crippen MR) is 84.0 cm³/mol. The number of halogens is 4. The van der Waals surface area contributed by atoms with Gasteiger partial charge in [0.2, 0.25) is 0 Å². The van der Waals surface area contributed by atoms with Crippen molar-refractivity contribution < 1.29 is 13.5 Å². The number of alkyl halides is 1. The first kappa shape index (κ1) is 16.2. The van der Waals surface area contributed by atoms with Crippen LogP contribution in [0.2, 0.25) is 0 Å². The van der Waals surface area contributed by atoms with E-state index in [9.17, 15) is 8.78 Å². The Hall–Kier alpha value is -1.13. The Balaban J connectivity index is 2.29. The van der Waals surface area contributed by atoms with E-state index in [2.05, 4.69) is 15.9 Å². The molecule has 0 N–H and O–H groups in total. The monoisotopic (exact) mass is 374 g/mol. The summed E-state index contributed by atoms with van der Waals surface area (Å²) >= 11 is 9.67. The van der Waals surface area contributed by atoms with Gasteiger partial charge in [0.15, 0.2) is 11.6 Å². The Kier molecular flexibility index (Phi) is 5.59. The molecule has 0 bridgehead atoms. The van der Waals surface area contributed by atoms with E-state index in [0.717, 1.165) is 17.0 Å². The van der Waals surface area contributed by atoms with Gasteiger partial charge in [0.25, 0.3) is 0 Å². The van der Waals surface area contributed by atoms with Crippen LogP contribution in [0.4, 0.5) is 8.78 Å². The molecule has 0 aliphatic rings. The minimum atomic E-state index is -0.917. The third-order valence-electron chi connectivity index (χ3n) is 2.96. The molecule has 2 aromatic carbocycles. The number of hydrogen-bond donors (Lipinski definition) is 0. The Bertz CT molecular complexity index is 634. The first-order chi connectivity index (χ1) is 10.0. The van der Waals surface area contributed by atoms with E-state index in [1.165, 1.54) is 12.1 Å². The fourth-order valence-corrected chi connectivity index (χ4v) is 2.71. The summed E-state index contributed by atoms with van der Waals surface area (Å²) < 4.78 is 33.3. The van der Waals surface area contributed by atoms with Crippen molar-refractivity contribution in [3.05, 3.63) is 63.6 Å². The fraction of sp³-hybridized carbons (Fsp3) is 0.250. The van der Waals surface area contributed by atoms with Crippen LogP contribution in [0.25, 0.3) is 0 Å². The van der Waals surface area contributed by atoms with Gasteiger partial charge in [-0.2, -0.15) is 0 Å². The summed E-state index contributed by atoms with van der Waals surface area (Å²) in [7, 11) is 0. The lowest BCUT2D eigenvalue weighted by molar-refractivity contribution is 0.315. The van der Waals surface area contributed by atoms with Crippen molar-refractivity contribution in [2.24, 2.45) is 0 Å². The van der Waals surface area contributed by atoms with E-state index in [1.54, 1.807) is 18.2 Å². The lowest BCUT2D eigenvalue weighted by atomic mass is 10.0. The van der Waals surface area contributed by atoms with Crippen molar-refractivity contribution in [2.45, 2.75) is 18.7 Å². The molecule has 2 aromatic rings. The van der Waals surface area contributed by atoms with Crippen molar-refractivity contribution >= 4 is 27.5 Å². The molecule has 0 aliphatic heterocycles. The number of benzene rings is 2. The molecule has 0 saturated carbocycles. The van der Waals surface area contributed by atoms with Gasteiger partial charge in [0.1, 0.15) is 5.75 Å². The second kappa shape index (κ2) is 7.23. The minimum Gasteiger partial charge on any atom is -0.492 e. The standard InChI is InChI=1S/C16H14BrClF2O/c1-2-8-21-14-7-6-10(9-12(14)17)15(18)11-4-3-5-13(19)16(11)20/h3-7,9,15H,2,8H2,1H3. The lowest BCUT2D eigenvalue weighted by Crippen LogP contribution is -2.01. The van der Waals surface area contributed by atoms with Gasteiger partial charge >= 0.3 is 0 Å². The van der Waals surface area contributed by atoms with Crippen molar-refractivity contribution in [2.75, 3.05) is 6.61 Å². The smallest absolute Gasteiger partial charge is 0.163 e. The summed E-state index contributed by atoms with van der Waals surface area (Å²) in [5.41, 5.74) is 0.780. The van der Waals surface area contributed by atoms with Crippen LogP contribution in [-0.2, 0) is 0 Å². The average Bonchev–Trinajstić information content (AvgIpc) is 2.48. The fourth-order valence-electron chi connectivity index (χ4n) is 1.90. The Morgan fingerprint density at radius 1 is 1.24 bits per heavy atom. The summed E-state index contributed by atoms with van der Waals surface area (Å²) in [6, 6.07) is 9.26. The van der Waals surface area contributed by atoms with Crippen molar-refractivity contribution in [1.29, 1.82) is 0 Å². The molecule has 5 heteroatoms. The van der Waals surface area contributed by atoms with Crippen LogP contribution in [0, 0.1) is 11.6 Å². The van der Waals surface area contributed by atoms with E-state index in [-0.39, 0.29) is 5.56 Å². The molecule has 1 nitrogen and oxygen atoms in total. The van der Waals surface area contributed by atoms with Gasteiger partial charge in [-0.3, -0.25) is 0 Å². The highest BCUT2D eigenvalue weighted by Gasteiger charge is 2.18. The van der Waals surface area contributed by atoms with Crippen molar-refractivity contribution in [1.82, 2.24) is 0 Å². The third kappa shape index (κ3) is 3.74. The maximum Gasteiger partial charge on any atom is 0.163 e. The predicted octanol–water partition coefficient (Wildman–Crippen LogP) is 5.84. The van der Waals surface area contributed by atoms with Crippen LogP contribution < -0.4 is 4.74 Å². The van der Waals surface area contributed by atoms with E-state index in [1.807, 2.05) is 6.92 Å². The maximum absolute atomic E-state index is 13.8. The Morgan fingerprint density at radius 2 is 2.00 bits per heavy atom. The number of rotatable bonds is 5. The summed E-state index contributed by atoms with van der Waals surface area (Å²) in [4.78, 5) is 0. The van der Waals surface area contributed by atoms with E-state index < -0.39 is 17.0 Å². The molecule has 2 rings (SSSR count). The second-order valence-corrected chi connectivity index (χ2v) is 5.83. The number of hydrogen-bond acceptors (Lipinski definition) is 1. The maximum atomic E-state index is 13.8. The molecule has 0 heterocycles. The van der Waals surface area contributed by atoms with Crippen molar-refractivity contribution in [3.63, 3.8) is 0 Å². The first-order valence-corrected chi connectivity index (χ1v) is 7.77. The van der Waals surface area contributed by atoms with Crippen LogP contribution in [-0.4, -0.2) is 6.61 Å². The molecule has 21 heavy (non-hydrogen) atoms. The lowest BCUT2D eigenvalue weighted by Gasteiger charge is -2.14. The molecule has 1 atom stereocenters. The van der Waals surface area contributed by atoms with E-state index >= 15 is 0 Å². The second-order valence-electron chi connectivity index (χ2n) is 4.54. The highest BCUT2D eigenvalue weighted by atomic mass is 79.9. The summed E-state index contributed by atoms with van der Waals surface area (Å²) in [5, 5.41) is -0.766. The molecule has 0 aromatic heterocycles. The quantitative estimate of drug-likeness (QED) is 0.596.